The molecule has 3 rings (SSSR count). The van der Waals surface area contributed by atoms with Gasteiger partial charge in [0.1, 0.15) is 23.4 Å². The summed E-state index contributed by atoms with van der Waals surface area (Å²) in [6.07, 6.45) is 0. The number of hydrogen-bond donors (Lipinski definition) is 1. The third-order valence-electron chi connectivity index (χ3n) is 3.48. The zero-order chi connectivity index (χ0) is 18.5. The highest BCUT2D eigenvalue weighted by Crippen LogP contribution is 2.19. The van der Waals surface area contributed by atoms with E-state index in [1.54, 1.807) is 6.92 Å². The van der Waals surface area contributed by atoms with Crippen molar-refractivity contribution in [3.05, 3.63) is 66.1 Å². The first kappa shape index (κ1) is 17.5. The van der Waals surface area contributed by atoms with Gasteiger partial charge >= 0.3 is 0 Å². The SMILES string of the molecule is C[C@@H](NC(=O)COc1ccc(F)cc1)c1nc(-c2ccc(F)cc2)no1. The topological polar surface area (TPSA) is 77.2 Å². The minimum atomic E-state index is -0.541. The maximum absolute atomic E-state index is 13.0. The van der Waals surface area contributed by atoms with E-state index in [0.29, 0.717) is 17.1 Å². The molecular formula is C18H15F2N3O3. The van der Waals surface area contributed by atoms with E-state index in [1.165, 1.54) is 48.5 Å². The summed E-state index contributed by atoms with van der Waals surface area (Å²) in [5.41, 5.74) is 0.597. The monoisotopic (exact) mass is 359 g/mol. The number of aromatic nitrogens is 2. The van der Waals surface area contributed by atoms with E-state index in [4.69, 9.17) is 9.26 Å². The Balaban J connectivity index is 1.55. The molecule has 1 aromatic heterocycles. The van der Waals surface area contributed by atoms with Crippen LogP contribution in [-0.4, -0.2) is 22.7 Å². The van der Waals surface area contributed by atoms with Crippen LogP contribution in [0.15, 0.2) is 53.1 Å². The molecule has 3 aromatic rings. The third kappa shape index (κ3) is 4.41. The standard InChI is InChI=1S/C18H15F2N3O3/c1-11(21-16(24)10-25-15-8-6-14(20)7-9-15)18-22-17(23-26-18)12-2-4-13(19)5-3-12/h2-9,11H,10H2,1H3,(H,21,24)/t11-/m1/s1. The van der Waals surface area contributed by atoms with Crippen LogP contribution in [0.25, 0.3) is 11.4 Å². The van der Waals surface area contributed by atoms with Crippen molar-refractivity contribution in [2.24, 2.45) is 0 Å². The zero-order valence-corrected chi connectivity index (χ0v) is 13.8. The quantitative estimate of drug-likeness (QED) is 0.731. The molecule has 0 unspecified atom stereocenters. The fourth-order valence-corrected chi connectivity index (χ4v) is 2.15. The lowest BCUT2D eigenvalue weighted by Gasteiger charge is -2.10. The summed E-state index contributed by atoms with van der Waals surface area (Å²) in [6.45, 7) is 1.44. The maximum atomic E-state index is 13.0. The van der Waals surface area contributed by atoms with Gasteiger partial charge in [0.05, 0.1) is 0 Å². The number of amides is 1. The molecule has 0 bridgehead atoms. The molecule has 8 heteroatoms. The van der Waals surface area contributed by atoms with Gasteiger partial charge in [-0.25, -0.2) is 8.78 Å². The molecule has 0 aliphatic heterocycles. The van der Waals surface area contributed by atoms with Crippen LogP contribution in [0.2, 0.25) is 0 Å². The van der Waals surface area contributed by atoms with Crippen molar-refractivity contribution in [3.8, 4) is 17.1 Å². The van der Waals surface area contributed by atoms with Crippen LogP contribution in [0, 0.1) is 11.6 Å². The van der Waals surface area contributed by atoms with Gasteiger partial charge in [0.15, 0.2) is 6.61 Å². The Morgan fingerprint density at radius 3 is 2.38 bits per heavy atom. The molecule has 1 amide bonds. The van der Waals surface area contributed by atoms with E-state index < -0.39 is 11.9 Å². The van der Waals surface area contributed by atoms with Crippen LogP contribution in [0.4, 0.5) is 8.78 Å². The average molecular weight is 359 g/mol. The van der Waals surface area contributed by atoms with Gasteiger partial charge in [-0.3, -0.25) is 4.79 Å². The number of carbonyl (C=O) groups is 1. The molecule has 26 heavy (non-hydrogen) atoms. The predicted octanol–water partition coefficient (Wildman–Crippen LogP) is 3.27. The molecule has 0 spiro atoms. The van der Waals surface area contributed by atoms with E-state index in [0.717, 1.165) is 0 Å². The van der Waals surface area contributed by atoms with Crippen LogP contribution in [0.5, 0.6) is 5.75 Å². The molecule has 0 fully saturated rings. The summed E-state index contributed by atoms with van der Waals surface area (Å²) in [6, 6.07) is 10.5. The lowest BCUT2D eigenvalue weighted by atomic mass is 10.2. The average Bonchev–Trinajstić information content (AvgIpc) is 3.12. The predicted molar refractivity (Wildman–Crippen MR) is 88.1 cm³/mol. The summed E-state index contributed by atoms with van der Waals surface area (Å²) in [5, 5.41) is 6.48. The van der Waals surface area contributed by atoms with Crippen molar-refractivity contribution in [2.75, 3.05) is 6.61 Å². The van der Waals surface area contributed by atoms with Crippen molar-refractivity contribution < 1.29 is 22.8 Å². The number of ether oxygens (including phenoxy) is 1. The summed E-state index contributed by atoms with van der Waals surface area (Å²) < 4.78 is 36.2. The van der Waals surface area contributed by atoms with Gasteiger partial charge in [-0.05, 0) is 55.5 Å². The van der Waals surface area contributed by atoms with Crippen molar-refractivity contribution >= 4 is 5.91 Å². The van der Waals surface area contributed by atoms with Gasteiger partial charge in [-0.1, -0.05) is 5.16 Å². The van der Waals surface area contributed by atoms with Crippen LogP contribution in [0.1, 0.15) is 18.9 Å². The lowest BCUT2D eigenvalue weighted by molar-refractivity contribution is -0.123. The lowest BCUT2D eigenvalue weighted by Crippen LogP contribution is -2.31. The van der Waals surface area contributed by atoms with E-state index in [2.05, 4.69) is 15.5 Å². The second-order valence-electron chi connectivity index (χ2n) is 5.49. The van der Waals surface area contributed by atoms with Gasteiger partial charge < -0.3 is 14.6 Å². The second kappa shape index (κ2) is 7.73. The molecule has 1 atom stereocenters. The fourth-order valence-electron chi connectivity index (χ4n) is 2.15. The Kier molecular flexibility index (Phi) is 5.21. The zero-order valence-electron chi connectivity index (χ0n) is 13.8. The summed E-state index contributed by atoms with van der Waals surface area (Å²) in [5.74, 6) is -0.264. The molecule has 1 heterocycles. The van der Waals surface area contributed by atoms with E-state index in [1.807, 2.05) is 0 Å². The smallest absolute Gasteiger partial charge is 0.258 e. The number of nitrogens with one attached hydrogen (secondary N) is 1. The summed E-state index contributed by atoms with van der Waals surface area (Å²) in [4.78, 5) is 16.1. The third-order valence-corrected chi connectivity index (χ3v) is 3.48. The Labute approximate surface area is 147 Å². The van der Waals surface area contributed by atoms with E-state index in [-0.39, 0.29) is 24.1 Å². The van der Waals surface area contributed by atoms with Crippen LogP contribution >= 0.6 is 0 Å². The first-order valence-electron chi connectivity index (χ1n) is 7.78. The number of halogens is 2. The highest BCUT2D eigenvalue weighted by molar-refractivity contribution is 5.77. The minimum absolute atomic E-state index is 0.208. The molecule has 0 saturated carbocycles. The van der Waals surface area contributed by atoms with Crippen molar-refractivity contribution in [3.63, 3.8) is 0 Å². The molecule has 0 aliphatic rings. The summed E-state index contributed by atoms with van der Waals surface area (Å²) in [7, 11) is 0. The Morgan fingerprint density at radius 1 is 1.12 bits per heavy atom. The number of benzene rings is 2. The summed E-state index contributed by atoms with van der Waals surface area (Å²) >= 11 is 0. The van der Waals surface area contributed by atoms with Gasteiger partial charge in [0, 0.05) is 5.56 Å². The molecule has 0 saturated heterocycles. The first-order valence-corrected chi connectivity index (χ1v) is 7.78. The second-order valence-corrected chi connectivity index (χ2v) is 5.49. The van der Waals surface area contributed by atoms with Gasteiger partial charge in [0.2, 0.25) is 11.7 Å². The molecule has 1 N–H and O–H groups in total. The Bertz CT molecular complexity index is 879. The number of rotatable bonds is 6. The molecular weight excluding hydrogens is 344 g/mol. The first-order chi connectivity index (χ1) is 12.5. The Hall–Kier alpha value is -3.29. The normalized spacial score (nSPS) is 11.8. The number of carbonyl (C=O) groups excluding carboxylic acids is 1. The number of hydrogen-bond acceptors (Lipinski definition) is 5. The van der Waals surface area contributed by atoms with Crippen LogP contribution in [-0.2, 0) is 4.79 Å². The van der Waals surface area contributed by atoms with E-state index >= 15 is 0 Å². The highest BCUT2D eigenvalue weighted by atomic mass is 19.1. The van der Waals surface area contributed by atoms with Crippen molar-refractivity contribution in [1.82, 2.24) is 15.5 Å². The van der Waals surface area contributed by atoms with Crippen LogP contribution in [0.3, 0.4) is 0 Å². The maximum Gasteiger partial charge on any atom is 0.258 e. The molecule has 134 valence electrons. The van der Waals surface area contributed by atoms with Gasteiger partial charge in [-0.15, -0.1) is 0 Å². The van der Waals surface area contributed by atoms with Crippen molar-refractivity contribution in [2.45, 2.75) is 13.0 Å². The van der Waals surface area contributed by atoms with Gasteiger partial charge in [0.25, 0.3) is 5.91 Å². The Morgan fingerprint density at radius 2 is 1.73 bits per heavy atom. The molecule has 0 radical (unpaired) electrons. The highest BCUT2D eigenvalue weighted by Gasteiger charge is 2.17. The van der Waals surface area contributed by atoms with Crippen molar-refractivity contribution in [1.29, 1.82) is 0 Å². The van der Waals surface area contributed by atoms with Crippen LogP contribution < -0.4 is 10.1 Å². The fraction of sp³-hybridized carbons (Fsp3) is 0.167. The number of nitrogens with zero attached hydrogens (tertiary/aromatic N) is 2. The molecule has 6 nitrogen and oxygen atoms in total. The largest absolute Gasteiger partial charge is 0.484 e. The molecule has 0 aliphatic carbocycles. The van der Waals surface area contributed by atoms with Gasteiger partial charge in [-0.2, -0.15) is 4.98 Å². The molecule has 2 aromatic carbocycles. The van der Waals surface area contributed by atoms with E-state index in [9.17, 15) is 13.6 Å². The minimum Gasteiger partial charge on any atom is -0.484 e.